The molecule has 0 saturated carbocycles. The molecular formula is C15H26N2OS. The highest BCUT2D eigenvalue weighted by molar-refractivity contribution is 7.11. The van der Waals surface area contributed by atoms with Gasteiger partial charge in [-0.15, -0.1) is 11.3 Å². The van der Waals surface area contributed by atoms with Crippen LogP contribution < -0.4 is 0 Å². The Morgan fingerprint density at radius 3 is 2.74 bits per heavy atom. The van der Waals surface area contributed by atoms with Crippen molar-refractivity contribution in [1.82, 2.24) is 9.88 Å². The molecule has 0 aliphatic carbocycles. The fourth-order valence-corrected chi connectivity index (χ4v) is 3.64. The zero-order chi connectivity index (χ0) is 14.0. The summed E-state index contributed by atoms with van der Waals surface area (Å²) in [7, 11) is 0. The third kappa shape index (κ3) is 3.77. The summed E-state index contributed by atoms with van der Waals surface area (Å²) in [6, 6.07) is 0.561. The van der Waals surface area contributed by atoms with Crippen molar-refractivity contribution >= 4 is 11.3 Å². The second-order valence-electron chi connectivity index (χ2n) is 6.77. The minimum absolute atomic E-state index is 0.151. The molecule has 1 aliphatic rings. The molecule has 0 bridgehead atoms. The van der Waals surface area contributed by atoms with Crippen LogP contribution >= 0.6 is 11.3 Å². The van der Waals surface area contributed by atoms with E-state index < -0.39 is 0 Å². The summed E-state index contributed by atoms with van der Waals surface area (Å²) in [5.41, 5.74) is 0.151. The first kappa shape index (κ1) is 14.9. The van der Waals surface area contributed by atoms with Crippen molar-refractivity contribution in [1.29, 1.82) is 0 Å². The van der Waals surface area contributed by atoms with Gasteiger partial charge in [-0.05, 0) is 32.2 Å². The van der Waals surface area contributed by atoms with E-state index in [1.165, 1.54) is 9.88 Å². The number of thiazole rings is 1. The Balaban J connectivity index is 1.96. The van der Waals surface area contributed by atoms with Crippen LogP contribution in [-0.4, -0.2) is 34.2 Å². The van der Waals surface area contributed by atoms with Gasteiger partial charge in [-0.1, -0.05) is 20.8 Å². The van der Waals surface area contributed by atoms with Gasteiger partial charge in [-0.25, -0.2) is 4.98 Å². The van der Waals surface area contributed by atoms with Gasteiger partial charge in [0.25, 0.3) is 0 Å². The van der Waals surface area contributed by atoms with Crippen molar-refractivity contribution in [2.75, 3.05) is 13.2 Å². The molecule has 19 heavy (non-hydrogen) atoms. The van der Waals surface area contributed by atoms with Crippen molar-refractivity contribution in [2.24, 2.45) is 5.92 Å². The summed E-state index contributed by atoms with van der Waals surface area (Å²) in [5.74, 6) is 0.498. The topological polar surface area (TPSA) is 36.4 Å². The molecule has 1 aliphatic heterocycles. The van der Waals surface area contributed by atoms with Crippen LogP contribution in [0.3, 0.4) is 0 Å². The third-order valence-electron chi connectivity index (χ3n) is 3.93. The zero-order valence-corrected chi connectivity index (χ0v) is 13.3. The minimum atomic E-state index is 0.151. The monoisotopic (exact) mass is 282 g/mol. The number of likely N-dealkylation sites (tertiary alicyclic amines) is 1. The van der Waals surface area contributed by atoms with Crippen LogP contribution in [-0.2, 0) is 12.0 Å². The Bertz CT molecular complexity index is 411. The average molecular weight is 282 g/mol. The smallest absolute Gasteiger partial charge is 0.0981 e. The molecule has 108 valence electrons. The summed E-state index contributed by atoms with van der Waals surface area (Å²) < 4.78 is 0. The van der Waals surface area contributed by atoms with E-state index in [1.54, 1.807) is 0 Å². The van der Waals surface area contributed by atoms with Crippen LogP contribution in [0, 0.1) is 5.92 Å². The molecule has 4 heteroatoms. The molecule has 0 unspecified atom stereocenters. The van der Waals surface area contributed by atoms with Gasteiger partial charge in [0.2, 0.25) is 0 Å². The number of piperidine rings is 1. The zero-order valence-electron chi connectivity index (χ0n) is 12.5. The molecule has 1 aromatic rings. The van der Waals surface area contributed by atoms with Crippen molar-refractivity contribution in [3.63, 3.8) is 0 Å². The number of nitrogens with zero attached hydrogens (tertiary/aromatic N) is 2. The van der Waals surface area contributed by atoms with E-state index in [0.717, 1.165) is 25.9 Å². The maximum Gasteiger partial charge on any atom is 0.0981 e. The summed E-state index contributed by atoms with van der Waals surface area (Å²) in [4.78, 5) is 8.44. The number of aliphatic hydroxyl groups is 1. The lowest BCUT2D eigenvalue weighted by Crippen LogP contribution is -2.40. The summed E-state index contributed by atoms with van der Waals surface area (Å²) in [6.45, 7) is 11.4. The molecule has 2 heterocycles. The molecule has 1 saturated heterocycles. The van der Waals surface area contributed by atoms with Crippen LogP contribution in [0.4, 0.5) is 0 Å². The first-order valence-corrected chi connectivity index (χ1v) is 8.02. The third-order valence-corrected chi connectivity index (χ3v) is 5.34. The Hall–Kier alpha value is -0.450. The maximum atomic E-state index is 9.25. The molecule has 0 amide bonds. The van der Waals surface area contributed by atoms with Crippen LogP contribution in [0.15, 0.2) is 6.20 Å². The molecule has 1 fully saturated rings. The minimum Gasteiger partial charge on any atom is -0.396 e. The van der Waals surface area contributed by atoms with E-state index in [9.17, 15) is 5.11 Å². The summed E-state index contributed by atoms with van der Waals surface area (Å²) in [5, 5.41) is 10.5. The second kappa shape index (κ2) is 5.90. The Morgan fingerprint density at radius 1 is 1.47 bits per heavy atom. The highest BCUT2D eigenvalue weighted by Gasteiger charge is 2.26. The lowest BCUT2D eigenvalue weighted by molar-refractivity contribution is 0.0846. The predicted octanol–water partition coefficient (Wildman–Crippen LogP) is 3.03. The number of hydrogen-bond donors (Lipinski definition) is 1. The number of rotatable bonds is 3. The van der Waals surface area contributed by atoms with E-state index in [4.69, 9.17) is 0 Å². The van der Waals surface area contributed by atoms with Crippen molar-refractivity contribution in [2.45, 2.75) is 58.5 Å². The highest BCUT2D eigenvalue weighted by atomic mass is 32.1. The molecule has 0 radical (unpaired) electrons. The van der Waals surface area contributed by atoms with E-state index >= 15 is 0 Å². The fraction of sp³-hybridized carbons (Fsp3) is 0.800. The van der Waals surface area contributed by atoms with Crippen LogP contribution in [0.25, 0.3) is 0 Å². The Morgan fingerprint density at radius 2 is 2.21 bits per heavy atom. The average Bonchev–Trinajstić information content (AvgIpc) is 2.80. The summed E-state index contributed by atoms with van der Waals surface area (Å²) >= 11 is 1.84. The van der Waals surface area contributed by atoms with E-state index in [2.05, 4.69) is 37.6 Å². The van der Waals surface area contributed by atoms with Gasteiger partial charge in [0.1, 0.15) is 0 Å². The van der Waals surface area contributed by atoms with E-state index in [-0.39, 0.29) is 5.41 Å². The van der Waals surface area contributed by atoms with E-state index in [0.29, 0.717) is 18.6 Å². The van der Waals surface area contributed by atoms with Crippen molar-refractivity contribution < 1.29 is 5.11 Å². The molecule has 1 aromatic heterocycles. The van der Waals surface area contributed by atoms with Crippen molar-refractivity contribution in [3.05, 3.63) is 16.1 Å². The lowest BCUT2D eigenvalue weighted by atomic mass is 9.92. The lowest BCUT2D eigenvalue weighted by Gasteiger charge is -2.36. The van der Waals surface area contributed by atoms with Crippen LogP contribution in [0.5, 0.6) is 0 Å². The van der Waals surface area contributed by atoms with Crippen molar-refractivity contribution in [3.8, 4) is 0 Å². The van der Waals surface area contributed by atoms with Crippen LogP contribution in [0.2, 0.25) is 0 Å². The number of aliphatic hydroxyl groups excluding tert-OH is 1. The van der Waals surface area contributed by atoms with Crippen LogP contribution in [0.1, 0.15) is 50.4 Å². The molecule has 1 N–H and O–H groups in total. The number of hydrogen-bond acceptors (Lipinski definition) is 4. The maximum absolute atomic E-state index is 9.25. The largest absolute Gasteiger partial charge is 0.396 e. The first-order chi connectivity index (χ1) is 8.90. The highest BCUT2D eigenvalue weighted by Crippen LogP contribution is 2.29. The Kier molecular flexibility index (Phi) is 4.64. The Labute approximate surface area is 120 Å². The van der Waals surface area contributed by atoms with Gasteiger partial charge in [0, 0.05) is 35.7 Å². The fourth-order valence-electron chi connectivity index (χ4n) is 2.65. The van der Waals surface area contributed by atoms with Gasteiger partial charge in [-0.2, -0.15) is 0 Å². The molecule has 0 spiro atoms. The standard InChI is InChI=1S/C15H26N2OS/c1-11-7-12(10-18)5-6-17(11)9-13-8-16-14(19-13)15(2,3)4/h8,11-12,18H,5-7,9-10H2,1-4H3/t11-,12-/m0/s1. The van der Waals surface area contributed by atoms with Gasteiger partial charge in [0.05, 0.1) is 5.01 Å². The first-order valence-electron chi connectivity index (χ1n) is 7.20. The van der Waals surface area contributed by atoms with Gasteiger partial charge in [0.15, 0.2) is 0 Å². The molecule has 2 atom stereocenters. The normalized spacial score (nSPS) is 25.7. The summed E-state index contributed by atoms with van der Waals surface area (Å²) in [6.07, 6.45) is 4.27. The molecule has 3 nitrogen and oxygen atoms in total. The molecule has 0 aromatic carbocycles. The molecular weight excluding hydrogens is 256 g/mol. The predicted molar refractivity (Wildman–Crippen MR) is 80.5 cm³/mol. The molecule has 2 rings (SSSR count). The van der Waals surface area contributed by atoms with Gasteiger partial charge < -0.3 is 5.11 Å². The van der Waals surface area contributed by atoms with E-state index in [1.807, 2.05) is 17.5 Å². The SMILES string of the molecule is C[C@H]1C[C@@H](CO)CCN1Cc1cnc(C(C)(C)C)s1. The second-order valence-corrected chi connectivity index (χ2v) is 7.89. The number of aromatic nitrogens is 1. The van der Waals surface area contributed by atoms with Gasteiger partial charge >= 0.3 is 0 Å². The quantitative estimate of drug-likeness (QED) is 0.926. The van der Waals surface area contributed by atoms with Gasteiger partial charge in [-0.3, -0.25) is 4.90 Å².